The van der Waals surface area contributed by atoms with Crippen LogP contribution in [0, 0.1) is 17.6 Å². The van der Waals surface area contributed by atoms with E-state index in [9.17, 15) is 13.6 Å². The third kappa shape index (κ3) is 3.41. The summed E-state index contributed by atoms with van der Waals surface area (Å²) in [6, 6.07) is 4.32. The Balaban J connectivity index is 0.00000176. The molecule has 1 amide bonds. The van der Waals surface area contributed by atoms with E-state index >= 15 is 0 Å². The number of rotatable bonds is 2. The number of nitrogens with one attached hydrogen (secondary N) is 1. The van der Waals surface area contributed by atoms with Gasteiger partial charge in [-0.2, -0.15) is 0 Å². The van der Waals surface area contributed by atoms with Gasteiger partial charge in [0, 0.05) is 19.1 Å². The van der Waals surface area contributed by atoms with Crippen molar-refractivity contribution in [3.05, 3.63) is 35.4 Å². The summed E-state index contributed by atoms with van der Waals surface area (Å²) in [6.07, 6.45) is 4.29. The van der Waals surface area contributed by atoms with E-state index in [4.69, 9.17) is 0 Å². The SMILES string of the molecule is Cl.O=C(c1cccc(F)c1F)N1CCC(C2CCCN2)CC1. The van der Waals surface area contributed by atoms with Crippen molar-refractivity contribution in [2.24, 2.45) is 5.92 Å². The smallest absolute Gasteiger partial charge is 0.256 e. The summed E-state index contributed by atoms with van der Waals surface area (Å²) in [6.45, 7) is 2.33. The van der Waals surface area contributed by atoms with Gasteiger partial charge in [0.2, 0.25) is 0 Å². The molecular weight excluding hydrogens is 310 g/mol. The molecule has 1 unspecified atom stereocenters. The number of piperidine rings is 1. The van der Waals surface area contributed by atoms with Gasteiger partial charge in [0.25, 0.3) is 5.91 Å². The lowest BCUT2D eigenvalue weighted by atomic mass is 9.88. The zero-order valence-electron chi connectivity index (χ0n) is 12.4. The van der Waals surface area contributed by atoms with Gasteiger partial charge in [-0.3, -0.25) is 4.79 Å². The molecule has 1 aromatic carbocycles. The molecule has 2 aliphatic rings. The van der Waals surface area contributed by atoms with Crippen molar-refractivity contribution in [2.45, 2.75) is 31.7 Å². The molecule has 122 valence electrons. The third-order valence-electron chi connectivity index (χ3n) is 4.68. The van der Waals surface area contributed by atoms with Gasteiger partial charge in [-0.05, 0) is 50.3 Å². The molecule has 1 N–H and O–H groups in total. The number of carbonyl (C=O) groups excluding carboxylic acids is 1. The lowest BCUT2D eigenvalue weighted by Gasteiger charge is -2.35. The first-order valence-electron chi connectivity index (χ1n) is 7.63. The van der Waals surface area contributed by atoms with Crippen molar-refractivity contribution in [2.75, 3.05) is 19.6 Å². The number of hydrogen-bond donors (Lipinski definition) is 1. The average Bonchev–Trinajstić information content (AvgIpc) is 3.04. The molecule has 3 rings (SSSR count). The maximum atomic E-state index is 13.7. The lowest BCUT2D eigenvalue weighted by Crippen LogP contribution is -2.43. The van der Waals surface area contributed by atoms with Crippen LogP contribution in [0.25, 0.3) is 0 Å². The Bertz CT molecular complexity index is 527. The first-order valence-corrected chi connectivity index (χ1v) is 7.63. The van der Waals surface area contributed by atoms with Crippen molar-refractivity contribution in [3.8, 4) is 0 Å². The van der Waals surface area contributed by atoms with E-state index < -0.39 is 17.5 Å². The molecule has 3 nitrogen and oxygen atoms in total. The van der Waals surface area contributed by atoms with Crippen LogP contribution in [0.3, 0.4) is 0 Å². The number of halogens is 3. The predicted molar refractivity (Wildman–Crippen MR) is 83.3 cm³/mol. The Labute approximate surface area is 135 Å². The number of nitrogens with zero attached hydrogens (tertiary/aromatic N) is 1. The Morgan fingerprint density at radius 3 is 2.55 bits per heavy atom. The zero-order chi connectivity index (χ0) is 14.8. The Kier molecular flexibility index (Phi) is 5.75. The summed E-state index contributed by atoms with van der Waals surface area (Å²) in [4.78, 5) is 13.9. The zero-order valence-corrected chi connectivity index (χ0v) is 13.2. The minimum atomic E-state index is -1.04. The summed E-state index contributed by atoms with van der Waals surface area (Å²) in [5, 5.41) is 3.51. The highest BCUT2D eigenvalue weighted by atomic mass is 35.5. The van der Waals surface area contributed by atoms with Crippen molar-refractivity contribution in [1.29, 1.82) is 0 Å². The van der Waals surface area contributed by atoms with E-state index in [0.29, 0.717) is 25.0 Å². The number of carbonyl (C=O) groups is 1. The Morgan fingerprint density at radius 2 is 1.91 bits per heavy atom. The number of amides is 1. The van der Waals surface area contributed by atoms with Crippen molar-refractivity contribution in [1.82, 2.24) is 10.2 Å². The fraction of sp³-hybridized carbons (Fsp3) is 0.562. The monoisotopic (exact) mass is 330 g/mol. The van der Waals surface area contributed by atoms with E-state index in [1.807, 2.05) is 0 Å². The van der Waals surface area contributed by atoms with Crippen LogP contribution in [0.15, 0.2) is 18.2 Å². The summed E-state index contributed by atoms with van der Waals surface area (Å²) >= 11 is 0. The first kappa shape index (κ1) is 17.2. The van der Waals surface area contributed by atoms with Crippen molar-refractivity contribution >= 4 is 18.3 Å². The average molecular weight is 331 g/mol. The number of benzene rings is 1. The molecular formula is C16H21ClF2N2O. The minimum Gasteiger partial charge on any atom is -0.339 e. The molecule has 0 bridgehead atoms. The maximum Gasteiger partial charge on any atom is 0.256 e. The fourth-order valence-electron chi connectivity index (χ4n) is 3.46. The van der Waals surface area contributed by atoms with Gasteiger partial charge in [0.05, 0.1) is 5.56 Å². The van der Waals surface area contributed by atoms with Gasteiger partial charge >= 0.3 is 0 Å². The minimum absolute atomic E-state index is 0. The molecule has 0 spiro atoms. The highest BCUT2D eigenvalue weighted by Gasteiger charge is 2.31. The van der Waals surface area contributed by atoms with E-state index in [-0.39, 0.29) is 18.0 Å². The van der Waals surface area contributed by atoms with Gasteiger partial charge in [-0.15, -0.1) is 12.4 Å². The van der Waals surface area contributed by atoms with Crippen LogP contribution in [0.4, 0.5) is 8.78 Å². The molecule has 6 heteroatoms. The van der Waals surface area contributed by atoms with Gasteiger partial charge in [0.1, 0.15) is 0 Å². The molecule has 2 heterocycles. The predicted octanol–water partition coefficient (Wildman–Crippen LogP) is 2.99. The maximum absolute atomic E-state index is 13.7. The molecule has 22 heavy (non-hydrogen) atoms. The van der Waals surface area contributed by atoms with Crippen LogP contribution in [0.1, 0.15) is 36.0 Å². The fourth-order valence-corrected chi connectivity index (χ4v) is 3.46. The molecule has 2 fully saturated rings. The summed E-state index contributed by atoms with van der Waals surface area (Å²) in [5.74, 6) is -1.81. The molecule has 2 saturated heterocycles. The van der Waals surface area contributed by atoms with E-state index in [0.717, 1.165) is 25.5 Å². The lowest BCUT2D eigenvalue weighted by molar-refractivity contribution is 0.0668. The largest absolute Gasteiger partial charge is 0.339 e. The molecule has 1 atom stereocenters. The second-order valence-electron chi connectivity index (χ2n) is 5.93. The third-order valence-corrected chi connectivity index (χ3v) is 4.68. The van der Waals surface area contributed by atoms with Crippen molar-refractivity contribution < 1.29 is 13.6 Å². The second-order valence-corrected chi connectivity index (χ2v) is 5.93. The highest BCUT2D eigenvalue weighted by molar-refractivity contribution is 5.94. The summed E-state index contributed by atoms with van der Waals surface area (Å²) in [7, 11) is 0. The van der Waals surface area contributed by atoms with Crippen LogP contribution in [0.5, 0.6) is 0 Å². The molecule has 0 aliphatic carbocycles. The molecule has 0 radical (unpaired) electrons. The second kappa shape index (κ2) is 7.38. The Morgan fingerprint density at radius 1 is 1.18 bits per heavy atom. The van der Waals surface area contributed by atoms with E-state index in [1.54, 1.807) is 4.90 Å². The molecule has 1 aromatic rings. The standard InChI is InChI=1S/C16H20F2N2O.ClH/c17-13-4-1-3-12(15(13)18)16(21)20-9-6-11(7-10-20)14-5-2-8-19-14;/h1,3-4,11,14,19H,2,5-10H2;1H. The van der Waals surface area contributed by atoms with Crippen LogP contribution in [0.2, 0.25) is 0 Å². The number of hydrogen-bond acceptors (Lipinski definition) is 2. The van der Waals surface area contributed by atoms with Crippen LogP contribution >= 0.6 is 12.4 Å². The topological polar surface area (TPSA) is 32.3 Å². The van der Waals surface area contributed by atoms with Gasteiger partial charge < -0.3 is 10.2 Å². The van der Waals surface area contributed by atoms with Crippen LogP contribution in [-0.4, -0.2) is 36.5 Å². The van der Waals surface area contributed by atoms with E-state index in [1.165, 1.54) is 25.0 Å². The normalized spacial score (nSPS) is 22.5. The molecule has 0 saturated carbocycles. The summed E-state index contributed by atoms with van der Waals surface area (Å²) < 4.78 is 26.9. The van der Waals surface area contributed by atoms with Crippen LogP contribution < -0.4 is 5.32 Å². The van der Waals surface area contributed by atoms with Gasteiger partial charge in [-0.1, -0.05) is 6.07 Å². The Hall–Kier alpha value is -1.20. The summed E-state index contributed by atoms with van der Waals surface area (Å²) in [5.41, 5.74) is -0.160. The number of likely N-dealkylation sites (tertiary alicyclic amines) is 1. The van der Waals surface area contributed by atoms with Crippen molar-refractivity contribution in [3.63, 3.8) is 0 Å². The quantitative estimate of drug-likeness (QED) is 0.904. The molecule has 2 aliphatic heterocycles. The van der Waals surface area contributed by atoms with Crippen LogP contribution in [-0.2, 0) is 0 Å². The highest BCUT2D eigenvalue weighted by Crippen LogP contribution is 2.26. The molecule has 0 aromatic heterocycles. The van der Waals surface area contributed by atoms with Gasteiger partial charge in [-0.25, -0.2) is 8.78 Å². The van der Waals surface area contributed by atoms with E-state index in [2.05, 4.69) is 5.32 Å². The van der Waals surface area contributed by atoms with Gasteiger partial charge in [0.15, 0.2) is 11.6 Å². The first-order chi connectivity index (χ1) is 10.2.